The van der Waals surface area contributed by atoms with Gasteiger partial charge in [-0.15, -0.1) is 0 Å². The summed E-state index contributed by atoms with van der Waals surface area (Å²) in [4.78, 5) is 0.287. The first-order chi connectivity index (χ1) is 13.1. The van der Waals surface area contributed by atoms with Gasteiger partial charge in [-0.05, 0) is 61.7 Å². The first-order valence-corrected chi connectivity index (χ1v) is 10.7. The van der Waals surface area contributed by atoms with Crippen LogP contribution in [-0.2, 0) is 10.0 Å². The number of sulfonamides is 1. The minimum absolute atomic E-state index is 0.197. The molecule has 2 aliphatic rings. The molecule has 0 N–H and O–H groups in total. The highest BCUT2D eigenvalue weighted by molar-refractivity contribution is 7.89. The van der Waals surface area contributed by atoms with Crippen molar-refractivity contribution in [3.8, 4) is 17.2 Å². The maximum atomic E-state index is 13.2. The Bertz CT molecular complexity index is 910. The van der Waals surface area contributed by atoms with Crippen molar-refractivity contribution in [2.45, 2.75) is 30.7 Å². The van der Waals surface area contributed by atoms with Crippen molar-refractivity contribution in [2.75, 3.05) is 26.4 Å². The van der Waals surface area contributed by atoms with E-state index in [1.165, 1.54) is 0 Å². The molecular weight excluding hydrogens is 366 g/mol. The molecule has 0 unspecified atom stereocenters. The minimum atomic E-state index is -3.58. The monoisotopic (exact) mass is 389 g/mol. The number of hydrogen-bond acceptors (Lipinski definition) is 5. The summed E-state index contributed by atoms with van der Waals surface area (Å²) in [5.41, 5.74) is 0.936. The Labute approximate surface area is 159 Å². The Hall–Kier alpha value is -2.25. The van der Waals surface area contributed by atoms with Crippen molar-refractivity contribution >= 4 is 10.0 Å². The first kappa shape index (κ1) is 18.1. The fraction of sp³-hybridized carbons (Fsp3) is 0.400. The largest absolute Gasteiger partial charge is 0.494 e. The van der Waals surface area contributed by atoms with Crippen molar-refractivity contribution in [2.24, 2.45) is 0 Å². The summed E-state index contributed by atoms with van der Waals surface area (Å²) < 4.78 is 44.6. The van der Waals surface area contributed by atoms with E-state index in [1.54, 1.807) is 28.6 Å². The topological polar surface area (TPSA) is 65.1 Å². The number of ether oxygens (including phenoxy) is 3. The van der Waals surface area contributed by atoms with Crippen molar-refractivity contribution in [1.29, 1.82) is 0 Å². The molecule has 2 aliphatic heterocycles. The zero-order valence-electron chi connectivity index (χ0n) is 15.3. The molecule has 4 rings (SSSR count). The molecule has 0 bridgehead atoms. The van der Waals surface area contributed by atoms with Gasteiger partial charge < -0.3 is 14.2 Å². The predicted octanol–water partition coefficient (Wildman–Crippen LogP) is 3.38. The van der Waals surface area contributed by atoms with Crippen molar-refractivity contribution in [3.63, 3.8) is 0 Å². The molecule has 0 amide bonds. The van der Waals surface area contributed by atoms with Gasteiger partial charge >= 0.3 is 0 Å². The lowest BCUT2D eigenvalue weighted by Gasteiger charge is -2.26. The molecule has 6 nitrogen and oxygen atoms in total. The summed E-state index contributed by atoms with van der Waals surface area (Å²) in [6.45, 7) is 4.00. The van der Waals surface area contributed by atoms with Gasteiger partial charge in [-0.1, -0.05) is 6.07 Å². The second-order valence-corrected chi connectivity index (χ2v) is 8.47. The summed E-state index contributed by atoms with van der Waals surface area (Å²) in [6, 6.07) is 12.1. The van der Waals surface area contributed by atoms with E-state index < -0.39 is 10.0 Å². The molecule has 0 aliphatic carbocycles. The molecule has 2 aromatic rings. The highest BCUT2D eigenvalue weighted by atomic mass is 32.2. The maximum Gasteiger partial charge on any atom is 0.243 e. The molecule has 27 heavy (non-hydrogen) atoms. The van der Waals surface area contributed by atoms with Crippen LogP contribution in [0.3, 0.4) is 0 Å². The molecule has 2 heterocycles. The molecule has 2 aromatic carbocycles. The molecular formula is C20H23NO5S. The van der Waals surface area contributed by atoms with Crippen molar-refractivity contribution in [3.05, 3.63) is 48.0 Å². The molecule has 0 saturated carbocycles. The maximum absolute atomic E-state index is 13.2. The standard InChI is InChI=1S/C20H23NO5S/c1-2-24-16-6-8-17(9-7-16)27(22,23)21-11-3-4-18(21)15-5-10-19-20(14-15)26-13-12-25-19/h5-10,14,18H,2-4,11-13H2,1H3/t18-/m1/s1. The Morgan fingerprint density at radius 3 is 2.56 bits per heavy atom. The van der Waals surface area contributed by atoms with Gasteiger partial charge in [-0.2, -0.15) is 4.31 Å². The SMILES string of the molecule is CCOc1ccc(S(=O)(=O)N2CCC[C@@H]2c2ccc3c(c2)OCCO3)cc1. The average Bonchev–Trinajstić information content (AvgIpc) is 3.19. The van der Waals surface area contributed by atoms with Gasteiger partial charge in [0.05, 0.1) is 17.5 Å². The summed E-state index contributed by atoms with van der Waals surface area (Å²) >= 11 is 0. The van der Waals surface area contributed by atoms with Crippen LogP contribution in [0, 0.1) is 0 Å². The summed E-state index contributed by atoms with van der Waals surface area (Å²) in [5, 5.41) is 0. The van der Waals surface area contributed by atoms with Gasteiger partial charge in [0.15, 0.2) is 11.5 Å². The third-order valence-electron chi connectivity index (χ3n) is 4.90. The highest BCUT2D eigenvalue weighted by Crippen LogP contribution is 2.40. The fourth-order valence-electron chi connectivity index (χ4n) is 3.64. The van der Waals surface area contributed by atoms with E-state index in [-0.39, 0.29) is 10.9 Å². The number of rotatable bonds is 5. The van der Waals surface area contributed by atoms with Gasteiger partial charge in [-0.3, -0.25) is 0 Å². The van der Waals surface area contributed by atoms with Gasteiger partial charge in [0.25, 0.3) is 0 Å². The molecule has 1 saturated heterocycles. The van der Waals surface area contributed by atoms with E-state index in [0.717, 1.165) is 18.4 Å². The van der Waals surface area contributed by atoms with E-state index in [1.807, 2.05) is 25.1 Å². The molecule has 144 valence electrons. The molecule has 0 radical (unpaired) electrons. The normalized spacial score (nSPS) is 19.8. The zero-order chi connectivity index (χ0) is 18.9. The summed E-state index contributed by atoms with van der Waals surface area (Å²) in [5.74, 6) is 2.06. The number of hydrogen-bond donors (Lipinski definition) is 0. The second-order valence-electron chi connectivity index (χ2n) is 6.58. The number of benzene rings is 2. The van der Waals surface area contributed by atoms with Crippen LogP contribution >= 0.6 is 0 Å². The van der Waals surface area contributed by atoms with Crippen LogP contribution in [-0.4, -0.2) is 39.1 Å². The second kappa shape index (κ2) is 7.40. The molecule has 1 atom stereocenters. The van der Waals surface area contributed by atoms with E-state index in [4.69, 9.17) is 14.2 Å². The van der Waals surface area contributed by atoms with Crippen LogP contribution in [0.15, 0.2) is 47.4 Å². The average molecular weight is 389 g/mol. The molecule has 7 heteroatoms. The summed E-state index contributed by atoms with van der Waals surface area (Å²) in [7, 11) is -3.58. The van der Waals surface area contributed by atoms with Crippen LogP contribution in [0.25, 0.3) is 0 Å². The fourth-order valence-corrected chi connectivity index (χ4v) is 5.32. The Kier molecular flexibility index (Phi) is 4.97. The van der Waals surface area contributed by atoms with Crippen LogP contribution in [0.4, 0.5) is 0 Å². The third kappa shape index (κ3) is 3.49. The van der Waals surface area contributed by atoms with E-state index in [9.17, 15) is 8.42 Å². The van der Waals surface area contributed by atoms with Gasteiger partial charge in [0, 0.05) is 6.54 Å². The number of nitrogens with zero attached hydrogens (tertiary/aromatic N) is 1. The zero-order valence-corrected chi connectivity index (χ0v) is 16.1. The Balaban J connectivity index is 1.62. The van der Waals surface area contributed by atoms with Crippen LogP contribution in [0.5, 0.6) is 17.2 Å². The van der Waals surface area contributed by atoms with Crippen LogP contribution in [0.2, 0.25) is 0 Å². The lowest BCUT2D eigenvalue weighted by Crippen LogP contribution is -2.30. The highest BCUT2D eigenvalue weighted by Gasteiger charge is 2.36. The quantitative estimate of drug-likeness (QED) is 0.784. The van der Waals surface area contributed by atoms with E-state index >= 15 is 0 Å². The molecule has 0 aromatic heterocycles. The molecule has 0 spiro atoms. The summed E-state index contributed by atoms with van der Waals surface area (Å²) in [6.07, 6.45) is 1.62. The van der Waals surface area contributed by atoms with Crippen LogP contribution < -0.4 is 14.2 Å². The van der Waals surface area contributed by atoms with E-state index in [2.05, 4.69) is 0 Å². The van der Waals surface area contributed by atoms with E-state index in [0.29, 0.717) is 43.6 Å². The lowest BCUT2D eigenvalue weighted by atomic mass is 10.0. The lowest BCUT2D eigenvalue weighted by molar-refractivity contribution is 0.171. The third-order valence-corrected chi connectivity index (χ3v) is 6.82. The van der Waals surface area contributed by atoms with Crippen molar-refractivity contribution < 1.29 is 22.6 Å². The van der Waals surface area contributed by atoms with Gasteiger partial charge in [0.2, 0.25) is 10.0 Å². The minimum Gasteiger partial charge on any atom is -0.494 e. The predicted molar refractivity (Wildman–Crippen MR) is 101 cm³/mol. The smallest absolute Gasteiger partial charge is 0.243 e. The Morgan fingerprint density at radius 1 is 1.07 bits per heavy atom. The first-order valence-electron chi connectivity index (χ1n) is 9.24. The van der Waals surface area contributed by atoms with Gasteiger partial charge in [-0.25, -0.2) is 8.42 Å². The number of fused-ring (bicyclic) bond motifs is 1. The van der Waals surface area contributed by atoms with Crippen molar-refractivity contribution in [1.82, 2.24) is 4.31 Å². The van der Waals surface area contributed by atoms with Crippen LogP contribution in [0.1, 0.15) is 31.4 Å². The Morgan fingerprint density at radius 2 is 1.81 bits per heavy atom. The van der Waals surface area contributed by atoms with Gasteiger partial charge in [0.1, 0.15) is 19.0 Å². The molecule has 1 fully saturated rings.